The van der Waals surface area contributed by atoms with Crippen LogP contribution < -0.4 is 0 Å². The summed E-state index contributed by atoms with van der Waals surface area (Å²) in [6.45, 7) is 2.65. The Balaban J connectivity index is 1.93. The van der Waals surface area contributed by atoms with Gasteiger partial charge < -0.3 is 0 Å². The maximum atomic E-state index is 11.2. The van der Waals surface area contributed by atoms with Crippen LogP contribution in [0.4, 0.5) is 0 Å². The minimum atomic E-state index is 0.353. The Morgan fingerprint density at radius 1 is 1.00 bits per heavy atom. The fourth-order valence-electron chi connectivity index (χ4n) is 2.39. The van der Waals surface area contributed by atoms with Crippen molar-refractivity contribution in [3.8, 4) is 0 Å². The summed E-state index contributed by atoms with van der Waals surface area (Å²) in [5.74, 6) is 0. The molecule has 0 saturated heterocycles. The highest BCUT2D eigenvalue weighted by atomic mass is 16.1. The molecule has 0 bridgehead atoms. The second-order valence-corrected chi connectivity index (χ2v) is 5.31. The molecule has 3 rings (SSSR count). The van der Waals surface area contributed by atoms with Gasteiger partial charge in [-0.2, -0.15) is 0 Å². The van der Waals surface area contributed by atoms with Gasteiger partial charge in [-0.05, 0) is 29.7 Å². The van der Waals surface area contributed by atoms with Gasteiger partial charge in [0.25, 0.3) is 0 Å². The topological polar surface area (TPSA) is 47.8 Å². The molecule has 0 fully saturated rings. The van der Waals surface area contributed by atoms with Crippen LogP contribution in [0.2, 0.25) is 0 Å². The van der Waals surface area contributed by atoms with Crippen LogP contribution in [0.15, 0.2) is 54.6 Å². The van der Waals surface area contributed by atoms with E-state index in [1.807, 2.05) is 54.6 Å². The number of hydrogen-bond donors (Lipinski definition) is 0. The molecule has 4 nitrogen and oxygen atoms in total. The first kappa shape index (κ1) is 14.9. The lowest BCUT2D eigenvalue weighted by molar-refractivity contribution is 0.111. The molecule has 3 aromatic rings. The van der Waals surface area contributed by atoms with Crippen LogP contribution in [0, 0.1) is 6.92 Å². The molecule has 0 spiro atoms. The third kappa shape index (κ3) is 3.43. The van der Waals surface area contributed by atoms with Crippen LogP contribution in [-0.4, -0.2) is 21.3 Å². The van der Waals surface area contributed by atoms with Gasteiger partial charge in [-0.3, -0.25) is 4.79 Å². The molecule has 114 valence electrons. The monoisotopic (exact) mass is 303 g/mol. The van der Waals surface area contributed by atoms with Gasteiger partial charge in [0.1, 0.15) is 0 Å². The molecule has 1 aromatic heterocycles. The standard InChI is InChI=1S/C19H17N3O/c1-15-7-5-6-10-17(15)13-22-19(18(14-23)20-21-22)12-11-16-8-3-2-4-9-16/h2-12,14H,13H2,1H3/b12-11+. The van der Waals surface area contributed by atoms with Crippen LogP contribution in [-0.2, 0) is 6.54 Å². The lowest BCUT2D eigenvalue weighted by atomic mass is 10.1. The number of carbonyl (C=O) groups excluding carboxylic acids is 1. The molecule has 4 heteroatoms. The van der Waals surface area contributed by atoms with Crippen molar-refractivity contribution < 1.29 is 4.79 Å². The highest BCUT2D eigenvalue weighted by molar-refractivity contribution is 5.81. The predicted molar refractivity (Wildman–Crippen MR) is 91.1 cm³/mol. The Kier molecular flexibility index (Phi) is 4.43. The van der Waals surface area contributed by atoms with Gasteiger partial charge in [0.15, 0.2) is 12.0 Å². The van der Waals surface area contributed by atoms with Crippen molar-refractivity contribution in [3.05, 3.63) is 82.7 Å². The van der Waals surface area contributed by atoms with Crippen LogP contribution in [0.5, 0.6) is 0 Å². The molecule has 0 saturated carbocycles. The van der Waals surface area contributed by atoms with E-state index < -0.39 is 0 Å². The van der Waals surface area contributed by atoms with Crippen LogP contribution in [0.3, 0.4) is 0 Å². The maximum absolute atomic E-state index is 11.2. The zero-order valence-corrected chi connectivity index (χ0v) is 12.9. The van der Waals surface area contributed by atoms with Crippen molar-refractivity contribution in [1.29, 1.82) is 0 Å². The summed E-state index contributed by atoms with van der Waals surface area (Å²) in [5, 5.41) is 8.09. The highest BCUT2D eigenvalue weighted by Crippen LogP contribution is 2.14. The third-order valence-corrected chi connectivity index (χ3v) is 3.73. The molecule has 0 aliphatic carbocycles. The molecular formula is C19H17N3O. The molecule has 0 N–H and O–H groups in total. The zero-order chi connectivity index (χ0) is 16.1. The van der Waals surface area contributed by atoms with E-state index in [0.717, 1.165) is 17.4 Å². The number of benzene rings is 2. The summed E-state index contributed by atoms with van der Waals surface area (Å²) in [7, 11) is 0. The van der Waals surface area contributed by atoms with Gasteiger partial charge in [-0.15, -0.1) is 5.10 Å². The van der Waals surface area contributed by atoms with Gasteiger partial charge >= 0.3 is 0 Å². The average molecular weight is 303 g/mol. The van der Waals surface area contributed by atoms with Crippen molar-refractivity contribution >= 4 is 18.4 Å². The summed E-state index contributed by atoms with van der Waals surface area (Å²) >= 11 is 0. The van der Waals surface area contributed by atoms with E-state index in [1.54, 1.807) is 4.68 Å². The SMILES string of the molecule is Cc1ccccc1Cn1nnc(C=O)c1/C=C/c1ccccc1. The number of aromatic nitrogens is 3. The first-order valence-electron chi connectivity index (χ1n) is 7.44. The molecule has 0 aliphatic rings. The summed E-state index contributed by atoms with van der Waals surface area (Å²) in [6, 6.07) is 18.1. The van der Waals surface area contributed by atoms with Crippen LogP contribution in [0.1, 0.15) is 32.9 Å². The Bertz CT molecular complexity index is 835. The van der Waals surface area contributed by atoms with E-state index in [4.69, 9.17) is 0 Å². The lowest BCUT2D eigenvalue weighted by Gasteiger charge is -2.07. The molecule has 0 atom stereocenters. The minimum Gasteiger partial charge on any atom is -0.296 e. The summed E-state index contributed by atoms with van der Waals surface area (Å²) in [4.78, 5) is 11.2. The molecule has 2 aromatic carbocycles. The fraction of sp³-hybridized carbons (Fsp3) is 0.105. The van der Waals surface area contributed by atoms with E-state index in [2.05, 4.69) is 29.4 Å². The van der Waals surface area contributed by atoms with Crippen molar-refractivity contribution in [3.63, 3.8) is 0 Å². The second kappa shape index (κ2) is 6.83. The van der Waals surface area contributed by atoms with Gasteiger partial charge in [0.05, 0.1) is 12.2 Å². The van der Waals surface area contributed by atoms with Gasteiger partial charge in [0.2, 0.25) is 0 Å². The maximum Gasteiger partial charge on any atom is 0.172 e. The van der Waals surface area contributed by atoms with E-state index in [9.17, 15) is 4.79 Å². The minimum absolute atomic E-state index is 0.353. The summed E-state index contributed by atoms with van der Waals surface area (Å²) in [5.41, 5.74) is 4.48. The van der Waals surface area contributed by atoms with Crippen molar-refractivity contribution in [1.82, 2.24) is 15.0 Å². The second-order valence-electron chi connectivity index (χ2n) is 5.31. The first-order chi connectivity index (χ1) is 11.3. The number of aryl methyl sites for hydroxylation is 1. The van der Waals surface area contributed by atoms with E-state index in [1.165, 1.54) is 5.56 Å². The molecule has 0 amide bonds. The van der Waals surface area contributed by atoms with Crippen LogP contribution in [0.25, 0.3) is 12.2 Å². The molecule has 23 heavy (non-hydrogen) atoms. The fourth-order valence-corrected chi connectivity index (χ4v) is 2.39. The van der Waals surface area contributed by atoms with Gasteiger partial charge in [0, 0.05) is 0 Å². The Labute approximate surface area is 135 Å². The largest absolute Gasteiger partial charge is 0.296 e. The Morgan fingerprint density at radius 2 is 1.74 bits per heavy atom. The molecule has 0 radical (unpaired) electrons. The molecule has 1 heterocycles. The number of nitrogens with zero attached hydrogens (tertiary/aromatic N) is 3. The van der Waals surface area contributed by atoms with Crippen LogP contribution >= 0.6 is 0 Å². The molecular weight excluding hydrogens is 286 g/mol. The van der Waals surface area contributed by atoms with Crippen molar-refractivity contribution in [2.24, 2.45) is 0 Å². The highest BCUT2D eigenvalue weighted by Gasteiger charge is 2.10. The van der Waals surface area contributed by atoms with E-state index in [-0.39, 0.29) is 0 Å². The van der Waals surface area contributed by atoms with Crippen molar-refractivity contribution in [2.45, 2.75) is 13.5 Å². The summed E-state index contributed by atoms with van der Waals surface area (Å²) < 4.78 is 1.76. The van der Waals surface area contributed by atoms with E-state index >= 15 is 0 Å². The molecule has 0 unspecified atom stereocenters. The number of carbonyl (C=O) groups is 1. The third-order valence-electron chi connectivity index (χ3n) is 3.73. The number of rotatable bonds is 5. The average Bonchev–Trinajstić information content (AvgIpc) is 2.98. The van der Waals surface area contributed by atoms with Gasteiger partial charge in [-0.25, -0.2) is 4.68 Å². The predicted octanol–water partition coefficient (Wildman–Crippen LogP) is 3.62. The number of aldehydes is 1. The quantitative estimate of drug-likeness (QED) is 0.676. The Hall–Kier alpha value is -3.01. The zero-order valence-electron chi connectivity index (χ0n) is 12.9. The number of hydrogen-bond acceptors (Lipinski definition) is 3. The summed E-state index contributed by atoms with van der Waals surface area (Å²) in [6.07, 6.45) is 4.59. The normalized spacial score (nSPS) is 11.0. The lowest BCUT2D eigenvalue weighted by Crippen LogP contribution is -2.05. The van der Waals surface area contributed by atoms with Gasteiger partial charge in [-0.1, -0.05) is 65.9 Å². The Morgan fingerprint density at radius 3 is 2.48 bits per heavy atom. The molecule has 0 aliphatic heterocycles. The van der Waals surface area contributed by atoms with Crippen molar-refractivity contribution in [2.75, 3.05) is 0 Å². The van der Waals surface area contributed by atoms with E-state index in [0.29, 0.717) is 17.9 Å². The smallest absolute Gasteiger partial charge is 0.172 e. The first-order valence-corrected chi connectivity index (χ1v) is 7.44.